The largest absolute Gasteiger partial charge is 0.322 e. The van der Waals surface area contributed by atoms with Crippen LogP contribution in [0.25, 0.3) is 0 Å². The Morgan fingerprint density at radius 2 is 2.28 bits per heavy atom. The first-order valence-corrected chi connectivity index (χ1v) is 7.00. The Morgan fingerprint density at radius 1 is 1.50 bits per heavy atom. The van der Waals surface area contributed by atoms with Crippen LogP contribution in [-0.4, -0.2) is 9.78 Å². The molecular weight excluding hydrogens is 314 g/mol. The number of nitrogens with two attached hydrogens (primary N) is 1. The van der Waals surface area contributed by atoms with E-state index >= 15 is 0 Å². The van der Waals surface area contributed by atoms with Crippen molar-refractivity contribution in [2.75, 3.05) is 0 Å². The summed E-state index contributed by atoms with van der Waals surface area (Å²) >= 11 is 9.47. The SMILES string of the molecule is CCn1ncc(Br)c1C(N)Cc1cccc(Cl)c1. The summed E-state index contributed by atoms with van der Waals surface area (Å²) in [5.74, 6) is 0. The van der Waals surface area contributed by atoms with Gasteiger partial charge in [-0.15, -0.1) is 0 Å². The number of hydrogen-bond donors (Lipinski definition) is 1. The van der Waals surface area contributed by atoms with E-state index in [0.717, 1.165) is 33.7 Å². The molecule has 0 aliphatic rings. The highest BCUT2D eigenvalue weighted by Gasteiger charge is 2.16. The topological polar surface area (TPSA) is 43.8 Å². The molecule has 1 aromatic carbocycles. The summed E-state index contributed by atoms with van der Waals surface area (Å²) in [4.78, 5) is 0. The molecule has 0 aliphatic heterocycles. The van der Waals surface area contributed by atoms with Gasteiger partial charge in [-0.3, -0.25) is 4.68 Å². The molecule has 0 saturated heterocycles. The Kier molecular flexibility index (Phi) is 4.43. The van der Waals surface area contributed by atoms with Crippen molar-refractivity contribution in [3.63, 3.8) is 0 Å². The Bertz CT molecular complexity index is 539. The van der Waals surface area contributed by atoms with Gasteiger partial charge in [-0.25, -0.2) is 0 Å². The molecule has 3 nitrogen and oxygen atoms in total. The van der Waals surface area contributed by atoms with Crippen molar-refractivity contribution in [1.29, 1.82) is 0 Å². The highest BCUT2D eigenvalue weighted by atomic mass is 79.9. The van der Waals surface area contributed by atoms with Gasteiger partial charge in [-0.05, 0) is 47.0 Å². The zero-order valence-electron chi connectivity index (χ0n) is 10.1. The Morgan fingerprint density at radius 3 is 2.94 bits per heavy atom. The monoisotopic (exact) mass is 327 g/mol. The molecule has 2 rings (SSSR count). The first-order chi connectivity index (χ1) is 8.61. The van der Waals surface area contributed by atoms with Crippen molar-refractivity contribution in [2.45, 2.75) is 25.9 Å². The second kappa shape index (κ2) is 5.87. The van der Waals surface area contributed by atoms with Gasteiger partial charge in [0.05, 0.1) is 22.4 Å². The number of halogens is 2. The van der Waals surface area contributed by atoms with Gasteiger partial charge < -0.3 is 5.73 Å². The Labute approximate surface area is 120 Å². The van der Waals surface area contributed by atoms with Crippen LogP contribution < -0.4 is 5.73 Å². The third kappa shape index (κ3) is 2.94. The maximum absolute atomic E-state index is 6.26. The van der Waals surface area contributed by atoms with Crippen molar-refractivity contribution >= 4 is 27.5 Å². The molecule has 96 valence electrons. The van der Waals surface area contributed by atoms with E-state index in [1.54, 1.807) is 6.20 Å². The van der Waals surface area contributed by atoms with Gasteiger partial charge in [0.15, 0.2) is 0 Å². The van der Waals surface area contributed by atoms with Gasteiger partial charge in [0.25, 0.3) is 0 Å². The molecule has 0 bridgehead atoms. The lowest BCUT2D eigenvalue weighted by atomic mass is 10.0. The maximum Gasteiger partial charge on any atom is 0.0696 e. The van der Waals surface area contributed by atoms with Crippen LogP contribution in [0.5, 0.6) is 0 Å². The number of aromatic nitrogens is 2. The van der Waals surface area contributed by atoms with Gasteiger partial charge in [0, 0.05) is 11.6 Å². The lowest BCUT2D eigenvalue weighted by Gasteiger charge is -2.14. The van der Waals surface area contributed by atoms with E-state index in [-0.39, 0.29) is 6.04 Å². The fourth-order valence-corrected chi connectivity index (χ4v) is 2.81. The van der Waals surface area contributed by atoms with E-state index in [2.05, 4.69) is 28.0 Å². The van der Waals surface area contributed by atoms with Crippen LogP contribution in [0.3, 0.4) is 0 Å². The zero-order valence-corrected chi connectivity index (χ0v) is 12.4. The lowest BCUT2D eigenvalue weighted by Crippen LogP contribution is -2.18. The molecule has 5 heteroatoms. The molecule has 0 amide bonds. The van der Waals surface area contributed by atoms with Gasteiger partial charge in [-0.2, -0.15) is 5.10 Å². The number of benzene rings is 1. The summed E-state index contributed by atoms with van der Waals surface area (Å²) in [6.45, 7) is 2.86. The highest BCUT2D eigenvalue weighted by molar-refractivity contribution is 9.10. The normalized spacial score (nSPS) is 12.7. The number of nitrogens with zero attached hydrogens (tertiary/aromatic N) is 2. The molecule has 1 unspecified atom stereocenters. The van der Waals surface area contributed by atoms with Crippen LogP contribution in [0.1, 0.15) is 24.2 Å². The standard InChI is InChI=1S/C13H15BrClN3/c1-2-18-13(11(14)8-17-18)12(16)7-9-4-3-5-10(15)6-9/h3-6,8,12H,2,7,16H2,1H3. The van der Waals surface area contributed by atoms with Crippen LogP contribution in [0.15, 0.2) is 34.9 Å². The van der Waals surface area contributed by atoms with Crippen molar-refractivity contribution in [3.8, 4) is 0 Å². The number of rotatable bonds is 4. The van der Waals surface area contributed by atoms with E-state index < -0.39 is 0 Å². The van der Waals surface area contributed by atoms with Crippen molar-refractivity contribution in [3.05, 3.63) is 51.2 Å². The van der Waals surface area contributed by atoms with E-state index in [0.29, 0.717) is 0 Å². The van der Waals surface area contributed by atoms with Crippen molar-refractivity contribution < 1.29 is 0 Å². The zero-order chi connectivity index (χ0) is 13.1. The van der Waals surface area contributed by atoms with E-state index in [4.69, 9.17) is 17.3 Å². The first-order valence-electron chi connectivity index (χ1n) is 5.83. The van der Waals surface area contributed by atoms with Crippen LogP contribution in [0, 0.1) is 0 Å². The number of aryl methyl sites for hydroxylation is 1. The van der Waals surface area contributed by atoms with Crippen LogP contribution in [0.4, 0.5) is 0 Å². The van der Waals surface area contributed by atoms with Gasteiger partial charge in [-0.1, -0.05) is 23.7 Å². The molecule has 0 fully saturated rings. The first kappa shape index (κ1) is 13.6. The minimum atomic E-state index is -0.0970. The summed E-state index contributed by atoms with van der Waals surface area (Å²) in [5.41, 5.74) is 8.42. The van der Waals surface area contributed by atoms with Crippen molar-refractivity contribution in [2.24, 2.45) is 5.73 Å². The second-order valence-corrected chi connectivity index (χ2v) is 5.42. The van der Waals surface area contributed by atoms with Crippen LogP contribution in [0.2, 0.25) is 5.02 Å². The van der Waals surface area contributed by atoms with Gasteiger partial charge in [0.1, 0.15) is 0 Å². The third-order valence-electron chi connectivity index (χ3n) is 2.83. The quantitative estimate of drug-likeness (QED) is 0.932. The molecular formula is C13H15BrClN3. The van der Waals surface area contributed by atoms with Crippen molar-refractivity contribution in [1.82, 2.24) is 9.78 Å². The van der Waals surface area contributed by atoms with E-state index in [1.807, 2.05) is 28.9 Å². The van der Waals surface area contributed by atoms with E-state index in [9.17, 15) is 0 Å². The van der Waals surface area contributed by atoms with Crippen LogP contribution >= 0.6 is 27.5 Å². The van der Waals surface area contributed by atoms with Gasteiger partial charge >= 0.3 is 0 Å². The molecule has 0 radical (unpaired) electrons. The summed E-state index contributed by atoms with van der Waals surface area (Å²) in [5, 5.41) is 5.02. The number of hydrogen-bond acceptors (Lipinski definition) is 2. The average molecular weight is 329 g/mol. The third-order valence-corrected chi connectivity index (χ3v) is 3.67. The fourth-order valence-electron chi connectivity index (χ4n) is 2.01. The minimum Gasteiger partial charge on any atom is -0.322 e. The Hall–Kier alpha value is -0.840. The van der Waals surface area contributed by atoms with Gasteiger partial charge in [0.2, 0.25) is 0 Å². The lowest BCUT2D eigenvalue weighted by molar-refractivity contribution is 0.567. The molecule has 1 atom stereocenters. The molecule has 2 aromatic rings. The molecule has 0 saturated carbocycles. The molecule has 0 aliphatic carbocycles. The van der Waals surface area contributed by atoms with E-state index in [1.165, 1.54) is 0 Å². The summed E-state index contributed by atoms with van der Waals surface area (Å²) in [6.07, 6.45) is 2.53. The molecule has 18 heavy (non-hydrogen) atoms. The summed E-state index contributed by atoms with van der Waals surface area (Å²) in [7, 11) is 0. The minimum absolute atomic E-state index is 0.0970. The average Bonchev–Trinajstić information content (AvgIpc) is 2.70. The maximum atomic E-state index is 6.26. The smallest absolute Gasteiger partial charge is 0.0696 e. The molecule has 0 spiro atoms. The molecule has 1 aromatic heterocycles. The molecule has 2 N–H and O–H groups in total. The fraction of sp³-hybridized carbons (Fsp3) is 0.308. The second-order valence-electron chi connectivity index (χ2n) is 4.13. The summed E-state index contributed by atoms with van der Waals surface area (Å²) in [6, 6.07) is 7.69. The highest BCUT2D eigenvalue weighted by Crippen LogP contribution is 2.25. The predicted octanol–water partition coefficient (Wildman–Crippen LogP) is 3.56. The molecule has 1 heterocycles. The Balaban J connectivity index is 2.21. The predicted molar refractivity (Wildman–Crippen MR) is 77.7 cm³/mol. The van der Waals surface area contributed by atoms with Crippen LogP contribution in [-0.2, 0) is 13.0 Å². The summed E-state index contributed by atoms with van der Waals surface area (Å²) < 4.78 is 2.87.